The van der Waals surface area contributed by atoms with Crippen LogP contribution in [0.1, 0.15) is 0 Å². The highest BCUT2D eigenvalue weighted by molar-refractivity contribution is 8.03. The van der Waals surface area contributed by atoms with E-state index in [4.69, 9.17) is 34.8 Å². The fourth-order valence-electron chi connectivity index (χ4n) is 1.99. The summed E-state index contributed by atoms with van der Waals surface area (Å²) >= 11 is 19.1. The molecule has 0 spiro atoms. The Morgan fingerprint density at radius 1 is 1.13 bits per heavy atom. The van der Waals surface area contributed by atoms with Crippen LogP contribution in [0.2, 0.25) is 15.1 Å². The number of hydrazine groups is 1. The van der Waals surface area contributed by atoms with Gasteiger partial charge in [0.25, 0.3) is 10.0 Å². The zero-order valence-corrected chi connectivity index (χ0v) is 15.1. The summed E-state index contributed by atoms with van der Waals surface area (Å²) in [6, 6.07) is 2.46. The summed E-state index contributed by atoms with van der Waals surface area (Å²) in [6.45, 7) is 0. The molecular weight excluding hydrogens is 403 g/mol. The lowest BCUT2D eigenvalue weighted by Gasteiger charge is -2.21. The number of hydrogen-bond acceptors (Lipinski definition) is 6. The van der Waals surface area contributed by atoms with Gasteiger partial charge in [-0.25, -0.2) is 13.4 Å². The predicted molar refractivity (Wildman–Crippen MR) is 94.9 cm³/mol. The summed E-state index contributed by atoms with van der Waals surface area (Å²) in [6.07, 6.45) is 3.29. The normalized spacial score (nSPS) is 22.8. The average Bonchev–Trinajstić information content (AvgIpc) is 2.97. The number of aliphatic imine (C=N–C) groups is 2. The van der Waals surface area contributed by atoms with Crippen LogP contribution < -0.4 is 10.3 Å². The zero-order valence-electron chi connectivity index (χ0n) is 11.2. The molecule has 23 heavy (non-hydrogen) atoms. The van der Waals surface area contributed by atoms with E-state index >= 15 is 0 Å². The highest BCUT2D eigenvalue weighted by Gasteiger charge is 2.30. The predicted octanol–water partition coefficient (Wildman–Crippen LogP) is 3.07. The third-order valence-electron chi connectivity index (χ3n) is 3.12. The first-order chi connectivity index (χ1) is 10.9. The van der Waals surface area contributed by atoms with Gasteiger partial charge in [-0.3, -0.25) is 10.4 Å². The van der Waals surface area contributed by atoms with Crippen molar-refractivity contribution in [3.05, 3.63) is 38.7 Å². The van der Waals surface area contributed by atoms with Crippen LogP contribution in [-0.2, 0) is 10.0 Å². The first-order valence-electron chi connectivity index (χ1n) is 6.22. The Balaban J connectivity index is 1.80. The Hall–Kier alpha value is -0.770. The molecule has 11 heteroatoms. The van der Waals surface area contributed by atoms with E-state index in [0.29, 0.717) is 5.84 Å². The molecule has 2 N–H and O–H groups in total. The molecule has 2 heterocycles. The molecule has 2 aliphatic rings. The van der Waals surface area contributed by atoms with Crippen molar-refractivity contribution in [2.45, 2.75) is 10.3 Å². The molecule has 0 radical (unpaired) electrons. The van der Waals surface area contributed by atoms with Gasteiger partial charge < -0.3 is 0 Å². The van der Waals surface area contributed by atoms with E-state index in [1.54, 1.807) is 0 Å². The molecule has 0 unspecified atom stereocenters. The second kappa shape index (κ2) is 6.62. The number of rotatable bonds is 3. The SMILES string of the molecule is O=S(=O)(NNC1=NC=N[C@H]2SC=C[C@H]12)c1cc(Cl)c(Cl)cc1Cl. The van der Waals surface area contributed by atoms with Crippen LogP contribution in [0.25, 0.3) is 0 Å². The summed E-state index contributed by atoms with van der Waals surface area (Å²) in [5.41, 5.74) is 2.61. The quantitative estimate of drug-likeness (QED) is 0.591. The van der Waals surface area contributed by atoms with Crippen molar-refractivity contribution in [3.8, 4) is 0 Å². The van der Waals surface area contributed by atoms with Crippen LogP contribution >= 0.6 is 46.6 Å². The zero-order chi connectivity index (χ0) is 16.6. The molecule has 122 valence electrons. The highest BCUT2D eigenvalue weighted by Crippen LogP contribution is 2.33. The molecule has 2 aliphatic heterocycles. The van der Waals surface area contributed by atoms with Crippen molar-refractivity contribution < 1.29 is 8.42 Å². The van der Waals surface area contributed by atoms with Gasteiger partial charge >= 0.3 is 0 Å². The van der Waals surface area contributed by atoms with Crippen LogP contribution in [0, 0.1) is 5.92 Å². The Labute approximate surface area is 152 Å². The number of benzene rings is 1. The number of amidine groups is 1. The number of thioether (sulfide) groups is 1. The van der Waals surface area contributed by atoms with Crippen LogP contribution in [0.15, 0.2) is 38.5 Å². The second-order valence-corrected chi connectivity index (χ2v) is 8.49. The van der Waals surface area contributed by atoms with Crippen molar-refractivity contribution in [1.82, 2.24) is 10.3 Å². The lowest BCUT2D eigenvalue weighted by molar-refractivity contribution is 0.575. The number of fused-ring (bicyclic) bond motifs is 1. The molecule has 0 fully saturated rings. The number of halogens is 3. The van der Waals surface area contributed by atoms with Crippen LogP contribution in [0.4, 0.5) is 0 Å². The van der Waals surface area contributed by atoms with Crippen molar-refractivity contribution in [1.29, 1.82) is 0 Å². The fraction of sp³-hybridized carbons (Fsp3) is 0.167. The van der Waals surface area contributed by atoms with Gasteiger partial charge in [0.1, 0.15) is 22.4 Å². The third-order valence-corrected chi connectivity index (χ3v) is 6.56. The Bertz CT molecular complexity index is 839. The molecule has 0 aliphatic carbocycles. The maximum Gasteiger partial charge on any atom is 0.258 e. The van der Waals surface area contributed by atoms with Crippen molar-refractivity contribution >= 4 is 68.8 Å². The highest BCUT2D eigenvalue weighted by atomic mass is 35.5. The second-order valence-electron chi connectivity index (χ2n) is 4.59. The molecule has 0 amide bonds. The van der Waals surface area contributed by atoms with Crippen LogP contribution in [0.3, 0.4) is 0 Å². The molecular formula is C12H9Cl3N4O2S2. The Morgan fingerprint density at radius 2 is 1.87 bits per heavy atom. The molecule has 0 saturated heterocycles. The summed E-state index contributed by atoms with van der Waals surface area (Å²) in [5.74, 6) is 0.336. The summed E-state index contributed by atoms with van der Waals surface area (Å²) in [5, 5.41) is 2.10. The third kappa shape index (κ3) is 3.52. The number of sulfonamides is 1. The van der Waals surface area contributed by atoms with Gasteiger partial charge in [0.05, 0.1) is 21.0 Å². The number of hydrogen-bond donors (Lipinski definition) is 2. The lowest BCUT2D eigenvalue weighted by Crippen LogP contribution is -2.46. The van der Waals surface area contributed by atoms with Gasteiger partial charge in [0, 0.05) is 0 Å². The molecule has 1 aromatic carbocycles. The molecule has 6 nitrogen and oxygen atoms in total. The fourth-order valence-corrected chi connectivity index (χ4v) is 4.78. The van der Waals surface area contributed by atoms with E-state index in [0.717, 1.165) is 0 Å². The van der Waals surface area contributed by atoms with Crippen molar-refractivity contribution in [2.24, 2.45) is 15.9 Å². The van der Waals surface area contributed by atoms with E-state index in [-0.39, 0.29) is 31.3 Å². The number of nitrogens with zero attached hydrogens (tertiary/aromatic N) is 2. The van der Waals surface area contributed by atoms with Crippen LogP contribution in [0.5, 0.6) is 0 Å². The summed E-state index contributed by atoms with van der Waals surface area (Å²) < 4.78 is 24.8. The largest absolute Gasteiger partial charge is 0.295 e. The first-order valence-corrected chi connectivity index (χ1v) is 9.78. The Morgan fingerprint density at radius 3 is 2.65 bits per heavy atom. The number of nitrogens with one attached hydrogen (secondary N) is 2. The maximum absolute atomic E-state index is 12.4. The molecule has 1 aromatic rings. The first kappa shape index (κ1) is 17.1. The summed E-state index contributed by atoms with van der Waals surface area (Å²) in [4.78, 5) is 10.3. The minimum atomic E-state index is -3.95. The van der Waals surface area contributed by atoms with Gasteiger partial charge in [-0.15, -0.1) is 16.6 Å². The van der Waals surface area contributed by atoms with E-state index < -0.39 is 10.0 Å². The van der Waals surface area contributed by atoms with Gasteiger partial charge in [-0.05, 0) is 17.5 Å². The minimum Gasteiger partial charge on any atom is -0.295 e. The van der Waals surface area contributed by atoms with E-state index in [1.807, 2.05) is 11.5 Å². The van der Waals surface area contributed by atoms with Crippen molar-refractivity contribution in [3.63, 3.8) is 0 Å². The van der Waals surface area contributed by atoms with Crippen LogP contribution in [-0.4, -0.2) is 26.0 Å². The average molecular weight is 412 g/mol. The molecule has 3 rings (SSSR count). The van der Waals surface area contributed by atoms with E-state index in [9.17, 15) is 8.42 Å². The van der Waals surface area contributed by atoms with Gasteiger partial charge in [0.15, 0.2) is 0 Å². The molecule has 0 saturated carbocycles. The smallest absolute Gasteiger partial charge is 0.258 e. The standard InChI is InChI=1S/C12H9Cl3N4O2S2/c13-7-3-9(15)10(4-8(7)14)23(20,21)19-18-11-6-1-2-22-12(6)17-5-16-11/h1-6,12,19H,(H,16,17,18)/t6-,12+/m1/s1. The monoisotopic (exact) mass is 410 g/mol. The maximum atomic E-state index is 12.4. The van der Waals surface area contributed by atoms with Gasteiger partial charge in [-0.2, -0.15) is 0 Å². The Kier molecular flexibility index (Phi) is 4.91. The van der Waals surface area contributed by atoms with E-state index in [1.165, 1.54) is 30.2 Å². The van der Waals surface area contributed by atoms with Gasteiger partial charge in [-0.1, -0.05) is 40.9 Å². The molecule has 0 aromatic heterocycles. The van der Waals surface area contributed by atoms with Gasteiger partial charge in [0.2, 0.25) is 0 Å². The molecule has 2 atom stereocenters. The molecule has 0 bridgehead atoms. The topological polar surface area (TPSA) is 82.9 Å². The summed E-state index contributed by atoms with van der Waals surface area (Å²) in [7, 11) is -3.95. The van der Waals surface area contributed by atoms with Crippen molar-refractivity contribution in [2.75, 3.05) is 0 Å². The van der Waals surface area contributed by atoms with E-state index in [2.05, 4.69) is 20.2 Å². The lowest BCUT2D eigenvalue weighted by atomic mass is 10.1. The minimum absolute atomic E-state index is 0.0324.